The quantitative estimate of drug-likeness (QED) is 0.312. The van der Waals surface area contributed by atoms with Crippen LogP contribution in [0.25, 0.3) is 0 Å². The summed E-state index contributed by atoms with van der Waals surface area (Å²) in [5.41, 5.74) is 3.46. The molecular weight excluding hydrogens is 456 g/mol. The van der Waals surface area contributed by atoms with Gasteiger partial charge in [0.1, 0.15) is 0 Å². The Bertz CT molecular complexity index is 1330. The van der Waals surface area contributed by atoms with E-state index in [1.165, 1.54) is 5.56 Å². The Balaban J connectivity index is 1.50. The molecule has 6 rings (SSSR count). The van der Waals surface area contributed by atoms with E-state index in [-0.39, 0.29) is 23.8 Å². The first kappa shape index (κ1) is 23.7. The van der Waals surface area contributed by atoms with Crippen molar-refractivity contribution in [3.63, 3.8) is 0 Å². The van der Waals surface area contributed by atoms with Crippen molar-refractivity contribution in [2.24, 2.45) is 0 Å². The molecule has 4 aromatic rings. The van der Waals surface area contributed by atoms with Crippen LogP contribution >= 0.6 is 0 Å². The van der Waals surface area contributed by atoms with Gasteiger partial charge in [-0.25, -0.2) is 5.06 Å². The lowest BCUT2D eigenvalue weighted by atomic mass is 9.71. The minimum absolute atomic E-state index is 0.151. The molecule has 4 atom stereocenters. The number of Topliss-reactive ketones (excluding diaryl/α,β-unsaturated/α-hetero) is 1. The number of rotatable bonds is 5. The van der Waals surface area contributed by atoms with Crippen LogP contribution in [0.15, 0.2) is 121 Å². The van der Waals surface area contributed by atoms with Crippen molar-refractivity contribution in [2.75, 3.05) is 18.2 Å². The van der Waals surface area contributed by atoms with E-state index in [2.05, 4.69) is 96.8 Å². The molecule has 0 N–H and O–H groups in total. The maximum Gasteiger partial charge on any atom is 0.176 e. The summed E-state index contributed by atoms with van der Waals surface area (Å²) >= 11 is 0. The first-order chi connectivity index (χ1) is 18.2. The van der Waals surface area contributed by atoms with Crippen LogP contribution in [0.5, 0.6) is 0 Å². The fourth-order valence-electron chi connectivity index (χ4n) is 6.11. The van der Waals surface area contributed by atoms with E-state index in [1.807, 2.05) is 41.5 Å². The zero-order valence-corrected chi connectivity index (χ0v) is 21.1. The summed E-state index contributed by atoms with van der Waals surface area (Å²) in [5, 5.41) is 2.00. The van der Waals surface area contributed by atoms with Crippen LogP contribution in [0.1, 0.15) is 48.0 Å². The van der Waals surface area contributed by atoms with Gasteiger partial charge >= 0.3 is 0 Å². The molecular formula is C33H32N2O2. The Hall–Kier alpha value is -3.73. The highest BCUT2D eigenvalue weighted by Crippen LogP contribution is 2.55. The zero-order chi connectivity index (χ0) is 25.2. The molecule has 4 nitrogen and oxygen atoms in total. The number of para-hydroxylation sites is 1. The van der Waals surface area contributed by atoms with Crippen LogP contribution in [0.3, 0.4) is 0 Å². The number of hydrogen-bond acceptors (Lipinski definition) is 4. The summed E-state index contributed by atoms with van der Waals surface area (Å²) in [5.74, 6) is 0.00630. The number of carbonyl (C=O) groups is 1. The molecule has 4 aromatic carbocycles. The number of carbonyl (C=O) groups excluding carboxylic acids is 1. The highest BCUT2D eigenvalue weighted by atomic mass is 16.7. The number of hydrogen-bond donors (Lipinski definition) is 0. The fourth-order valence-corrected chi connectivity index (χ4v) is 6.11. The lowest BCUT2D eigenvalue weighted by Gasteiger charge is -2.43. The number of hydroxylamine groups is 1. The molecule has 0 amide bonds. The van der Waals surface area contributed by atoms with Gasteiger partial charge in [0.2, 0.25) is 0 Å². The molecule has 0 unspecified atom stereocenters. The summed E-state index contributed by atoms with van der Waals surface area (Å²) in [6, 6.07) is 41.7. The van der Waals surface area contributed by atoms with E-state index in [0.29, 0.717) is 13.0 Å². The molecule has 1 spiro atoms. The summed E-state index contributed by atoms with van der Waals surface area (Å²) < 4.78 is 0. The lowest BCUT2D eigenvalue weighted by molar-refractivity contribution is -0.151. The molecule has 2 aliphatic heterocycles. The summed E-state index contributed by atoms with van der Waals surface area (Å²) in [6.45, 7) is 3.49. The number of ketones is 1. The molecule has 186 valence electrons. The van der Waals surface area contributed by atoms with Gasteiger partial charge in [-0.15, -0.1) is 0 Å². The van der Waals surface area contributed by atoms with Crippen LogP contribution in [0.2, 0.25) is 0 Å². The Kier molecular flexibility index (Phi) is 6.37. The minimum atomic E-state index is -1.00. The smallest absolute Gasteiger partial charge is 0.176 e. The fraction of sp³-hybridized carbons (Fsp3) is 0.242. The van der Waals surface area contributed by atoms with Gasteiger partial charge in [-0.2, -0.15) is 0 Å². The highest BCUT2D eigenvalue weighted by molar-refractivity contribution is 5.91. The molecule has 2 heterocycles. The SMILES string of the molecule is C[C@H](c1ccccc1)N1CCC(=O)[C@@]2(C1)ON(c1ccccc1)[C@H](c1ccccc1)[C@@H]2c1ccccc1. The van der Waals surface area contributed by atoms with Crippen molar-refractivity contribution in [2.45, 2.75) is 36.9 Å². The third-order valence-corrected chi connectivity index (χ3v) is 8.01. The summed E-state index contributed by atoms with van der Waals surface area (Å²) in [6.07, 6.45) is 0.463. The third kappa shape index (κ3) is 4.26. The number of nitrogens with zero attached hydrogens (tertiary/aromatic N) is 2. The number of benzene rings is 4. The average molecular weight is 489 g/mol. The molecule has 0 aliphatic carbocycles. The monoisotopic (exact) mass is 488 g/mol. The average Bonchev–Trinajstić information content (AvgIpc) is 3.31. The first-order valence-corrected chi connectivity index (χ1v) is 13.1. The van der Waals surface area contributed by atoms with Crippen molar-refractivity contribution in [3.05, 3.63) is 138 Å². The van der Waals surface area contributed by atoms with E-state index in [4.69, 9.17) is 4.84 Å². The van der Waals surface area contributed by atoms with Crippen molar-refractivity contribution in [1.29, 1.82) is 0 Å². The third-order valence-electron chi connectivity index (χ3n) is 8.01. The largest absolute Gasteiger partial charge is 0.296 e. The van der Waals surface area contributed by atoms with Gasteiger partial charge in [0, 0.05) is 25.6 Å². The van der Waals surface area contributed by atoms with Gasteiger partial charge in [-0.1, -0.05) is 109 Å². The van der Waals surface area contributed by atoms with Crippen LogP contribution < -0.4 is 5.06 Å². The van der Waals surface area contributed by atoms with Crippen LogP contribution in [0.4, 0.5) is 5.69 Å². The number of anilines is 1. The Morgan fingerprint density at radius 3 is 1.92 bits per heavy atom. The highest BCUT2D eigenvalue weighted by Gasteiger charge is 2.61. The molecule has 2 fully saturated rings. The predicted octanol–water partition coefficient (Wildman–Crippen LogP) is 6.74. The van der Waals surface area contributed by atoms with E-state index in [0.717, 1.165) is 23.4 Å². The van der Waals surface area contributed by atoms with Crippen LogP contribution in [-0.2, 0) is 9.63 Å². The maximum absolute atomic E-state index is 14.1. The van der Waals surface area contributed by atoms with Gasteiger partial charge in [0.25, 0.3) is 0 Å². The van der Waals surface area contributed by atoms with Crippen molar-refractivity contribution in [3.8, 4) is 0 Å². The Morgan fingerprint density at radius 2 is 1.30 bits per heavy atom. The van der Waals surface area contributed by atoms with Crippen molar-refractivity contribution < 1.29 is 9.63 Å². The zero-order valence-electron chi connectivity index (χ0n) is 21.1. The normalized spacial score (nSPS) is 24.9. The van der Waals surface area contributed by atoms with Gasteiger partial charge in [0.05, 0.1) is 17.6 Å². The van der Waals surface area contributed by atoms with E-state index >= 15 is 0 Å². The standard InChI is InChI=1S/C33H32N2O2/c1-25(26-14-6-2-7-15-26)34-23-22-30(36)33(24-34)31(27-16-8-3-9-17-27)32(28-18-10-4-11-19-28)35(37-33)29-20-12-5-13-21-29/h2-21,25,31-32H,22-24H2,1H3/t25-,31+,32-,33-/m1/s1. The molecule has 2 aliphatic rings. The second-order valence-corrected chi connectivity index (χ2v) is 10.1. The molecule has 0 radical (unpaired) electrons. The molecule has 0 bridgehead atoms. The molecule has 0 aromatic heterocycles. The molecule has 37 heavy (non-hydrogen) atoms. The predicted molar refractivity (Wildman–Crippen MR) is 147 cm³/mol. The molecule has 0 saturated carbocycles. The second kappa shape index (κ2) is 9.97. The van der Waals surface area contributed by atoms with Gasteiger partial charge in [-0.3, -0.25) is 14.5 Å². The number of piperidine rings is 1. The second-order valence-electron chi connectivity index (χ2n) is 10.1. The number of likely N-dealkylation sites (tertiary alicyclic amines) is 1. The van der Waals surface area contributed by atoms with E-state index < -0.39 is 5.60 Å². The molecule has 4 heteroatoms. The summed E-state index contributed by atoms with van der Waals surface area (Å²) in [4.78, 5) is 23.5. The van der Waals surface area contributed by atoms with Crippen LogP contribution in [0, 0.1) is 0 Å². The van der Waals surface area contributed by atoms with Crippen LogP contribution in [-0.4, -0.2) is 29.4 Å². The Labute approximate surface area is 219 Å². The minimum Gasteiger partial charge on any atom is -0.296 e. The van der Waals surface area contributed by atoms with Gasteiger partial charge in [-0.05, 0) is 35.7 Å². The topological polar surface area (TPSA) is 32.8 Å². The first-order valence-electron chi connectivity index (χ1n) is 13.1. The molecule has 2 saturated heterocycles. The maximum atomic E-state index is 14.1. The summed E-state index contributed by atoms with van der Waals surface area (Å²) in [7, 11) is 0. The Morgan fingerprint density at radius 1 is 0.757 bits per heavy atom. The van der Waals surface area contributed by atoms with Gasteiger partial charge < -0.3 is 0 Å². The van der Waals surface area contributed by atoms with Crippen molar-refractivity contribution in [1.82, 2.24) is 4.90 Å². The van der Waals surface area contributed by atoms with Gasteiger partial charge in [0.15, 0.2) is 11.4 Å². The lowest BCUT2D eigenvalue weighted by Crippen LogP contribution is -2.58. The van der Waals surface area contributed by atoms with E-state index in [9.17, 15) is 4.79 Å². The van der Waals surface area contributed by atoms with Crippen molar-refractivity contribution >= 4 is 11.5 Å². The van der Waals surface area contributed by atoms with E-state index in [1.54, 1.807) is 0 Å².